The molecule has 0 fully saturated rings. The van der Waals surface area contributed by atoms with Crippen LogP contribution in [0.3, 0.4) is 0 Å². The minimum atomic E-state index is -3.22. The number of carbonyl (C=O) groups is 1. The van der Waals surface area contributed by atoms with Crippen LogP contribution >= 0.6 is 0 Å². The first-order chi connectivity index (χ1) is 12.0. The zero-order valence-electron chi connectivity index (χ0n) is 13.9. The summed E-state index contributed by atoms with van der Waals surface area (Å²) in [6.07, 6.45) is 0.190. The molecule has 0 aliphatic rings. The predicted octanol–water partition coefficient (Wildman–Crippen LogP) is 3.81. The maximum atomic E-state index is 12.3. The second-order valence-corrected chi connectivity index (χ2v) is 8.08. The third-order valence-corrected chi connectivity index (χ3v) is 5.84. The third kappa shape index (κ3) is 3.88. The number of carbonyl (C=O) groups excluding carboxylic acids is 1. The molecule has 4 nitrogen and oxygen atoms in total. The van der Waals surface area contributed by atoms with Gasteiger partial charge in [0, 0.05) is 11.1 Å². The number of anilines is 1. The maximum absolute atomic E-state index is 12.3. The minimum Gasteiger partial charge on any atom is -0.325 e. The fourth-order valence-electron chi connectivity index (χ4n) is 2.70. The minimum absolute atomic E-state index is 0.0634. The molecule has 128 valence electrons. The van der Waals surface area contributed by atoms with Gasteiger partial charge in [-0.25, -0.2) is 8.42 Å². The number of amides is 1. The summed E-state index contributed by atoms with van der Waals surface area (Å²) in [6, 6.07) is 20.1. The molecule has 0 unspecified atom stereocenters. The van der Waals surface area contributed by atoms with E-state index in [1.165, 1.54) is 0 Å². The van der Waals surface area contributed by atoms with E-state index in [2.05, 4.69) is 5.32 Å². The Morgan fingerprint density at radius 1 is 0.920 bits per heavy atom. The van der Waals surface area contributed by atoms with Gasteiger partial charge in [-0.05, 0) is 29.1 Å². The first kappa shape index (κ1) is 17.2. The second-order valence-electron chi connectivity index (χ2n) is 5.80. The summed E-state index contributed by atoms with van der Waals surface area (Å²) in [6.45, 7) is 1.61. The molecule has 0 bridgehead atoms. The third-order valence-electron chi connectivity index (χ3n) is 4.09. The molecule has 5 heteroatoms. The number of hydrogen-bond donors (Lipinski definition) is 1. The van der Waals surface area contributed by atoms with E-state index in [1.54, 1.807) is 31.2 Å². The topological polar surface area (TPSA) is 63.2 Å². The Morgan fingerprint density at radius 2 is 1.60 bits per heavy atom. The molecule has 0 heterocycles. The van der Waals surface area contributed by atoms with Gasteiger partial charge >= 0.3 is 0 Å². The van der Waals surface area contributed by atoms with E-state index in [4.69, 9.17) is 0 Å². The Balaban J connectivity index is 1.74. The van der Waals surface area contributed by atoms with E-state index in [0.29, 0.717) is 0 Å². The number of rotatable bonds is 5. The van der Waals surface area contributed by atoms with Crippen LogP contribution < -0.4 is 5.32 Å². The van der Waals surface area contributed by atoms with Crippen molar-refractivity contribution in [2.24, 2.45) is 0 Å². The molecule has 3 aromatic rings. The van der Waals surface area contributed by atoms with Crippen LogP contribution in [0.5, 0.6) is 0 Å². The van der Waals surface area contributed by atoms with Gasteiger partial charge in [0.2, 0.25) is 5.91 Å². The molecule has 0 spiro atoms. The van der Waals surface area contributed by atoms with E-state index in [0.717, 1.165) is 22.0 Å². The van der Waals surface area contributed by atoms with Crippen molar-refractivity contribution in [1.82, 2.24) is 0 Å². The molecule has 25 heavy (non-hydrogen) atoms. The van der Waals surface area contributed by atoms with Gasteiger partial charge in [-0.2, -0.15) is 0 Å². The molecule has 0 aliphatic heterocycles. The average Bonchev–Trinajstić information content (AvgIpc) is 2.62. The summed E-state index contributed by atoms with van der Waals surface area (Å²) in [5.41, 5.74) is 1.54. The Morgan fingerprint density at radius 3 is 2.32 bits per heavy atom. The van der Waals surface area contributed by atoms with Gasteiger partial charge in [0.25, 0.3) is 0 Å². The zero-order chi connectivity index (χ0) is 17.9. The van der Waals surface area contributed by atoms with Crippen LogP contribution in [0.4, 0.5) is 5.69 Å². The van der Waals surface area contributed by atoms with Crippen molar-refractivity contribution < 1.29 is 13.2 Å². The molecule has 0 aromatic heterocycles. The van der Waals surface area contributed by atoms with Crippen LogP contribution in [0.2, 0.25) is 0 Å². The maximum Gasteiger partial charge on any atom is 0.228 e. The Labute approximate surface area is 147 Å². The molecular weight excluding hydrogens is 334 g/mol. The van der Waals surface area contributed by atoms with Crippen molar-refractivity contribution in [1.29, 1.82) is 0 Å². The van der Waals surface area contributed by atoms with Crippen molar-refractivity contribution in [2.75, 3.05) is 11.1 Å². The highest BCUT2D eigenvalue weighted by atomic mass is 32.2. The number of hydrogen-bond acceptors (Lipinski definition) is 3. The van der Waals surface area contributed by atoms with Gasteiger partial charge in [0.05, 0.1) is 17.1 Å². The zero-order valence-corrected chi connectivity index (χ0v) is 14.7. The Kier molecular flexibility index (Phi) is 4.86. The lowest BCUT2D eigenvalue weighted by atomic mass is 10.1. The molecule has 1 N–H and O–H groups in total. The Bertz CT molecular complexity index is 1000. The van der Waals surface area contributed by atoms with Crippen LogP contribution in [0.25, 0.3) is 10.8 Å². The van der Waals surface area contributed by atoms with Crippen molar-refractivity contribution in [3.63, 3.8) is 0 Å². The lowest BCUT2D eigenvalue weighted by Gasteiger charge is -2.09. The monoisotopic (exact) mass is 353 g/mol. The van der Waals surface area contributed by atoms with Gasteiger partial charge < -0.3 is 5.32 Å². The largest absolute Gasteiger partial charge is 0.325 e. The lowest BCUT2D eigenvalue weighted by Crippen LogP contribution is -2.14. The summed E-state index contributed by atoms with van der Waals surface area (Å²) in [7, 11) is -3.22. The highest BCUT2D eigenvalue weighted by molar-refractivity contribution is 7.91. The number of nitrogens with one attached hydrogen (secondary N) is 1. The fraction of sp³-hybridized carbons (Fsp3) is 0.150. The number of benzene rings is 3. The summed E-state index contributed by atoms with van der Waals surface area (Å²) in [4.78, 5) is 12.6. The smallest absolute Gasteiger partial charge is 0.228 e. The summed E-state index contributed by atoms with van der Waals surface area (Å²) < 4.78 is 23.6. The van der Waals surface area contributed by atoms with Crippen LogP contribution in [-0.2, 0) is 21.1 Å². The lowest BCUT2D eigenvalue weighted by molar-refractivity contribution is -0.115. The highest BCUT2D eigenvalue weighted by Crippen LogP contribution is 2.23. The van der Waals surface area contributed by atoms with E-state index in [1.807, 2.05) is 42.5 Å². The summed E-state index contributed by atoms with van der Waals surface area (Å²) >= 11 is 0. The van der Waals surface area contributed by atoms with Crippen molar-refractivity contribution in [3.8, 4) is 0 Å². The average molecular weight is 353 g/mol. The van der Waals surface area contributed by atoms with Gasteiger partial charge in [-0.15, -0.1) is 0 Å². The van der Waals surface area contributed by atoms with Gasteiger partial charge in [-0.3, -0.25) is 4.79 Å². The molecule has 0 radical (unpaired) electrons. The summed E-state index contributed by atoms with van der Waals surface area (Å²) in [5.74, 6) is -0.0732. The van der Waals surface area contributed by atoms with Crippen molar-refractivity contribution >= 4 is 32.2 Å². The molecular formula is C20H19NO3S. The van der Waals surface area contributed by atoms with E-state index >= 15 is 0 Å². The quantitative estimate of drug-likeness (QED) is 0.758. The van der Waals surface area contributed by atoms with E-state index in [-0.39, 0.29) is 23.0 Å². The SMILES string of the molecule is CCS(=O)(=O)c1ccc(CC(=O)Nc2cccc3ccccc23)cc1. The number of sulfone groups is 1. The second kappa shape index (κ2) is 7.07. The highest BCUT2D eigenvalue weighted by Gasteiger charge is 2.12. The van der Waals surface area contributed by atoms with Crippen LogP contribution in [0.1, 0.15) is 12.5 Å². The molecule has 0 atom stereocenters. The number of fused-ring (bicyclic) bond motifs is 1. The molecule has 3 aromatic carbocycles. The molecule has 0 aliphatic carbocycles. The van der Waals surface area contributed by atoms with Crippen molar-refractivity contribution in [2.45, 2.75) is 18.2 Å². The summed E-state index contributed by atoms with van der Waals surface area (Å²) in [5, 5.41) is 4.99. The van der Waals surface area contributed by atoms with Gasteiger partial charge in [-0.1, -0.05) is 55.5 Å². The predicted molar refractivity (Wildman–Crippen MR) is 100 cm³/mol. The van der Waals surface area contributed by atoms with Crippen LogP contribution in [0, 0.1) is 0 Å². The fourth-order valence-corrected chi connectivity index (χ4v) is 3.58. The molecule has 3 rings (SSSR count). The Hall–Kier alpha value is -2.66. The van der Waals surface area contributed by atoms with Gasteiger partial charge in [0.15, 0.2) is 9.84 Å². The van der Waals surface area contributed by atoms with Crippen LogP contribution in [0.15, 0.2) is 71.6 Å². The van der Waals surface area contributed by atoms with E-state index in [9.17, 15) is 13.2 Å². The normalized spacial score (nSPS) is 11.4. The molecule has 0 saturated carbocycles. The molecule has 1 amide bonds. The first-order valence-corrected chi connectivity index (χ1v) is 9.74. The standard InChI is InChI=1S/C20H19NO3S/c1-2-25(23,24)17-12-10-15(11-13-17)14-20(22)21-19-9-5-7-16-6-3-4-8-18(16)19/h3-13H,2,14H2,1H3,(H,21,22). The van der Waals surface area contributed by atoms with E-state index < -0.39 is 9.84 Å². The molecule has 0 saturated heterocycles. The van der Waals surface area contributed by atoms with Gasteiger partial charge in [0.1, 0.15) is 0 Å². The van der Waals surface area contributed by atoms with Crippen molar-refractivity contribution in [3.05, 3.63) is 72.3 Å². The van der Waals surface area contributed by atoms with Crippen LogP contribution in [-0.4, -0.2) is 20.1 Å². The first-order valence-electron chi connectivity index (χ1n) is 8.09.